The Morgan fingerprint density at radius 1 is 1.30 bits per heavy atom. The molecule has 1 aromatic carbocycles. The molecule has 0 amide bonds. The van der Waals surface area contributed by atoms with Crippen LogP contribution in [0.1, 0.15) is 25.3 Å². The van der Waals surface area contributed by atoms with Crippen LogP contribution in [0.25, 0.3) is 0 Å². The van der Waals surface area contributed by atoms with Gasteiger partial charge < -0.3 is 19.5 Å². The van der Waals surface area contributed by atoms with E-state index in [-0.39, 0.29) is 6.79 Å². The number of ether oxygens (including phenoxy) is 3. The average Bonchev–Trinajstić information content (AvgIpc) is 3.22. The fraction of sp³-hybridized carbons (Fsp3) is 0.600. The second-order valence-electron chi connectivity index (χ2n) is 4.94. The molecular formula is C15H22BrNO3. The average molecular weight is 344 g/mol. The van der Waals surface area contributed by atoms with E-state index in [9.17, 15) is 0 Å². The zero-order valence-electron chi connectivity index (χ0n) is 12.1. The summed E-state index contributed by atoms with van der Waals surface area (Å²) in [6.07, 6.45) is 2.57. The molecule has 0 bridgehead atoms. The first-order valence-corrected chi connectivity index (χ1v) is 7.84. The molecule has 1 fully saturated rings. The number of nitrogens with one attached hydrogen (secondary N) is 1. The van der Waals surface area contributed by atoms with Crippen molar-refractivity contribution >= 4 is 15.9 Å². The van der Waals surface area contributed by atoms with E-state index in [4.69, 9.17) is 14.2 Å². The van der Waals surface area contributed by atoms with E-state index in [1.165, 1.54) is 12.8 Å². The maximum Gasteiger partial charge on any atom is 0.189 e. The van der Waals surface area contributed by atoms with Crippen LogP contribution in [-0.2, 0) is 11.3 Å². The van der Waals surface area contributed by atoms with Gasteiger partial charge in [0.15, 0.2) is 18.3 Å². The molecule has 1 aliphatic rings. The Morgan fingerprint density at radius 3 is 2.75 bits per heavy atom. The Labute approximate surface area is 128 Å². The molecular weight excluding hydrogens is 322 g/mol. The smallest absolute Gasteiger partial charge is 0.189 e. The number of rotatable bonds is 9. The summed E-state index contributed by atoms with van der Waals surface area (Å²) < 4.78 is 17.8. The maximum atomic E-state index is 5.72. The minimum absolute atomic E-state index is 0.264. The highest BCUT2D eigenvalue weighted by Gasteiger charge is 2.21. The van der Waals surface area contributed by atoms with E-state index in [2.05, 4.69) is 21.2 Å². The van der Waals surface area contributed by atoms with Crippen molar-refractivity contribution in [2.45, 2.75) is 26.3 Å². The third-order valence-electron chi connectivity index (χ3n) is 3.09. The monoisotopic (exact) mass is 343 g/mol. The van der Waals surface area contributed by atoms with Crippen molar-refractivity contribution in [2.24, 2.45) is 5.92 Å². The normalized spacial score (nSPS) is 14.3. The van der Waals surface area contributed by atoms with Crippen LogP contribution in [0.15, 0.2) is 16.6 Å². The highest BCUT2D eigenvalue weighted by atomic mass is 79.9. The number of hydrogen-bond donors (Lipinski definition) is 1. The van der Waals surface area contributed by atoms with Crippen molar-refractivity contribution in [3.63, 3.8) is 0 Å². The zero-order valence-corrected chi connectivity index (χ0v) is 13.7. The van der Waals surface area contributed by atoms with Gasteiger partial charge in [-0.2, -0.15) is 0 Å². The van der Waals surface area contributed by atoms with Gasteiger partial charge in [-0.15, -0.1) is 0 Å². The molecule has 0 atom stereocenters. The fourth-order valence-corrected chi connectivity index (χ4v) is 2.53. The first kappa shape index (κ1) is 15.6. The fourth-order valence-electron chi connectivity index (χ4n) is 1.93. The lowest BCUT2D eigenvalue weighted by Crippen LogP contribution is -2.09. The van der Waals surface area contributed by atoms with Gasteiger partial charge in [-0.25, -0.2) is 0 Å². The maximum absolute atomic E-state index is 5.72. The minimum Gasteiger partial charge on any atom is -0.490 e. The van der Waals surface area contributed by atoms with E-state index >= 15 is 0 Å². The Balaban J connectivity index is 1.99. The molecule has 112 valence electrons. The molecule has 0 radical (unpaired) electrons. The molecule has 1 N–H and O–H groups in total. The Morgan fingerprint density at radius 2 is 2.10 bits per heavy atom. The molecule has 1 aliphatic carbocycles. The molecule has 0 unspecified atom stereocenters. The molecule has 0 heterocycles. The summed E-state index contributed by atoms with van der Waals surface area (Å²) in [4.78, 5) is 0. The van der Waals surface area contributed by atoms with Gasteiger partial charge in [0.05, 0.1) is 17.7 Å². The van der Waals surface area contributed by atoms with Crippen LogP contribution in [0, 0.1) is 5.92 Å². The summed E-state index contributed by atoms with van der Waals surface area (Å²) in [7, 11) is 1.92. The topological polar surface area (TPSA) is 39.7 Å². The molecule has 1 aromatic rings. The van der Waals surface area contributed by atoms with Gasteiger partial charge in [-0.3, -0.25) is 0 Å². The van der Waals surface area contributed by atoms with Crippen LogP contribution in [0.3, 0.4) is 0 Å². The Kier molecular flexibility index (Phi) is 6.13. The zero-order chi connectivity index (χ0) is 14.4. The lowest BCUT2D eigenvalue weighted by atomic mass is 10.2. The van der Waals surface area contributed by atoms with Crippen LogP contribution in [-0.4, -0.2) is 27.1 Å². The van der Waals surface area contributed by atoms with E-state index in [0.29, 0.717) is 12.4 Å². The molecule has 20 heavy (non-hydrogen) atoms. The molecule has 4 nitrogen and oxygen atoms in total. The second kappa shape index (κ2) is 7.86. The first-order chi connectivity index (χ1) is 9.74. The highest BCUT2D eigenvalue weighted by molar-refractivity contribution is 9.10. The van der Waals surface area contributed by atoms with Crippen LogP contribution < -0.4 is 14.8 Å². The van der Waals surface area contributed by atoms with Gasteiger partial charge >= 0.3 is 0 Å². The highest BCUT2D eigenvalue weighted by Crippen LogP contribution is 2.37. The summed E-state index contributed by atoms with van der Waals surface area (Å²) >= 11 is 3.54. The molecule has 1 saturated carbocycles. The van der Waals surface area contributed by atoms with E-state index in [0.717, 1.165) is 34.9 Å². The van der Waals surface area contributed by atoms with Crippen molar-refractivity contribution in [3.05, 3.63) is 22.2 Å². The van der Waals surface area contributed by atoms with Crippen LogP contribution in [0.5, 0.6) is 11.5 Å². The Bertz CT molecular complexity index is 435. The van der Waals surface area contributed by atoms with Gasteiger partial charge in [0.25, 0.3) is 0 Å². The largest absolute Gasteiger partial charge is 0.490 e. The first-order valence-electron chi connectivity index (χ1n) is 7.05. The van der Waals surface area contributed by atoms with Crippen molar-refractivity contribution < 1.29 is 14.2 Å². The number of benzene rings is 1. The quantitative estimate of drug-likeness (QED) is 0.551. The predicted molar refractivity (Wildman–Crippen MR) is 82.2 cm³/mol. The third-order valence-corrected chi connectivity index (χ3v) is 3.68. The van der Waals surface area contributed by atoms with Crippen molar-refractivity contribution in [2.75, 3.05) is 27.1 Å². The van der Waals surface area contributed by atoms with E-state index < -0.39 is 0 Å². The molecule has 5 heteroatoms. The van der Waals surface area contributed by atoms with Crippen molar-refractivity contribution in [1.82, 2.24) is 5.32 Å². The van der Waals surface area contributed by atoms with E-state index in [1.54, 1.807) is 0 Å². The summed E-state index contributed by atoms with van der Waals surface area (Å²) in [5.74, 6) is 2.20. The second-order valence-corrected chi connectivity index (χ2v) is 5.80. The number of hydrogen-bond acceptors (Lipinski definition) is 4. The van der Waals surface area contributed by atoms with Crippen molar-refractivity contribution in [3.8, 4) is 11.5 Å². The molecule has 2 rings (SSSR count). The summed E-state index contributed by atoms with van der Waals surface area (Å²) in [5.41, 5.74) is 1.15. The number of halogens is 1. The summed E-state index contributed by atoms with van der Waals surface area (Å²) in [5, 5.41) is 3.13. The molecule has 0 aromatic heterocycles. The minimum atomic E-state index is 0.264. The van der Waals surface area contributed by atoms with Gasteiger partial charge in [0.1, 0.15) is 0 Å². The van der Waals surface area contributed by atoms with Crippen molar-refractivity contribution in [1.29, 1.82) is 0 Å². The van der Waals surface area contributed by atoms with Gasteiger partial charge in [0.2, 0.25) is 0 Å². The SMILES string of the molecule is CCOc1cc(CNC)cc(Br)c1OCOCC1CC1. The molecule has 0 saturated heterocycles. The van der Waals surface area contributed by atoms with Crippen LogP contribution >= 0.6 is 15.9 Å². The van der Waals surface area contributed by atoms with Crippen LogP contribution in [0.4, 0.5) is 0 Å². The summed E-state index contributed by atoms with van der Waals surface area (Å²) in [6.45, 7) is 4.41. The molecule has 0 spiro atoms. The lowest BCUT2D eigenvalue weighted by Gasteiger charge is -2.15. The van der Waals surface area contributed by atoms with Crippen LogP contribution in [0.2, 0.25) is 0 Å². The molecule has 0 aliphatic heterocycles. The van der Waals surface area contributed by atoms with Gasteiger partial charge in [0, 0.05) is 6.54 Å². The summed E-state index contributed by atoms with van der Waals surface area (Å²) in [6, 6.07) is 4.04. The van der Waals surface area contributed by atoms with E-state index in [1.807, 2.05) is 26.1 Å². The van der Waals surface area contributed by atoms with Gasteiger partial charge in [-0.1, -0.05) is 0 Å². The lowest BCUT2D eigenvalue weighted by molar-refractivity contribution is 0.00795. The van der Waals surface area contributed by atoms with Gasteiger partial charge in [-0.05, 0) is 66.4 Å². The predicted octanol–water partition coefficient (Wildman–Crippen LogP) is 3.33. The Hall–Kier alpha value is -0.780. The third kappa shape index (κ3) is 4.65. The standard InChI is InChI=1S/C15H22BrNO3/c1-3-19-14-7-12(8-17-2)6-13(16)15(14)20-10-18-9-11-4-5-11/h6-7,11,17H,3-5,8-10H2,1-2H3.